The number of nitro groups is 1. The first-order chi connectivity index (χ1) is 6.41. The molecule has 0 saturated heterocycles. The molecule has 0 amide bonds. The van der Waals surface area contributed by atoms with E-state index in [1.807, 2.05) is 6.92 Å². The maximum Gasteiger partial charge on any atom is 0.383 e. The number of carboxylic acids is 1. The lowest BCUT2D eigenvalue weighted by Crippen LogP contribution is -2.53. The summed E-state index contributed by atoms with van der Waals surface area (Å²) in [6.45, 7) is 3.42. The van der Waals surface area contributed by atoms with Gasteiger partial charge in [-0.25, -0.2) is 4.79 Å². The zero-order valence-corrected chi connectivity index (χ0v) is 8.06. The lowest BCUT2D eigenvalue weighted by Gasteiger charge is -2.29. The Bertz CT molecular complexity index is 294. The molecule has 1 radical (unpaired) electrons. The van der Waals surface area contributed by atoms with E-state index in [9.17, 15) is 14.9 Å². The lowest BCUT2D eigenvalue weighted by molar-refractivity contribution is -0.554. The van der Waals surface area contributed by atoms with Crippen molar-refractivity contribution in [2.45, 2.75) is 25.8 Å². The maximum atomic E-state index is 10.9. The SMILES string of the molecule is CC1=C[CH]C(C(=O)O)([N+](=O)[O-])C(C)C1. The second-order valence-corrected chi connectivity index (χ2v) is 3.67. The third kappa shape index (κ3) is 1.38. The van der Waals surface area contributed by atoms with Gasteiger partial charge in [-0.05, 0) is 13.3 Å². The number of aliphatic carboxylic acids is 1. The minimum Gasteiger partial charge on any atom is -0.476 e. The molecule has 1 aliphatic rings. The molecule has 0 aromatic carbocycles. The molecule has 0 fully saturated rings. The minimum atomic E-state index is -1.94. The Hall–Kier alpha value is -1.39. The van der Waals surface area contributed by atoms with Gasteiger partial charge in [0, 0.05) is 10.8 Å². The van der Waals surface area contributed by atoms with Gasteiger partial charge in [-0.3, -0.25) is 10.1 Å². The molecular formula is C9H12NO4. The topological polar surface area (TPSA) is 80.4 Å². The van der Waals surface area contributed by atoms with Crippen LogP contribution >= 0.6 is 0 Å². The van der Waals surface area contributed by atoms with E-state index < -0.39 is 22.3 Å². The Labute approximate surface area is 81.6 Å². The lowest BCUT2D eigenvalue weighted by atomic mass is 9.75. The molecule has 0 aromatic rings. The number of rotatable bonds is 2. The molecule has 1 N–H and O–H groups in total. The summed E-state index contributed by atoms with van der Waals surface area (Å²) in [6.07, 6.45) is 3.15. The molecule has 1 aliphatic carbocycles. The Kier molecular flexibility index (Phi) is 2.59. The highest BCUT2D eigenvalue weighted by molar-refractivity contribution is 5.80. The zero-order chi connectivity index (χ0) is 10.9. The zero-order valence-electron chi connectivity index (χ0n) is 8.06. The Morgan fingerprint density at radius 1 is 1.79 bits per heavy atom. The van der Waals surface area contributed by atoms with Gasteiger partial charge in [0.25, 0.3) is 0 Å². The van der Waals surface area contributed by atoms with Crippen molar-refractivity contribution in [1.29, 1.82) is 0 Å². The fourth-order valence-electron chi connectivity index (χ4n) is 1.74. The van der Waals surface area contributed by atoms with Gasteiger partial charge in [-0.2, -0.15) is 0 Å². The second kappa shape index (κ2) is 3.40. The van der Waals surface area contributed by atoms with E-state index in [0.29, 0.717) is 6.42 Å². The van der Waals surface area contributed by atoms with Crippen molar-refractivity contribution in [3.63, 3.8) is 0 Å². The molecule has 2 unspecified atom stereocenters. The molecule has 0 saturated carbocycles. The van der Waals surface area contributed by atoms with Crippen LogP contribution in [0.5, 0.6) is 0 Å². The summed E-state index contributed by atoms with van der Waals surface area (Å²) in [4.78, 5) is 21.0. The highest BCUT2D eigenvalue weighted by atomic mass is 16.6. The number of hydrogen-bond donors (Lipinski definition) is 1. The van der Waals surface area contributed by atoms with Crippen molar-refractivity contribution in [2.24, 2.45) is 5.92 Å². The average molecular weight is 198 g/mol. The van der Waals surface area contributed by atoms with Crippen LogP contribution in [0.15, 0.2) is 11.6 Å². The molecule has 0 aliphatic heterocycles. The quantitative estimate of drug-likeness (QED) is 0.535. The van der Waals surface area contributed by atoms with Crippen LogP contribution in [-0.2, 0) is 4.79 Å². The van der Waals surface area contributed by atoms with E-state index in [4.69, 9.17) is 5.11 Å². The minimum absolute atomic E-state index is 0.448. The average Bonchev–Trinajstić information content (AvgIpc) is 2.02. The van der Waals surface area contributed by atoms with Gasteiger partial charge in [-0.15, -0.1) is 0 Å². The van der Waals surface area contributed by atoms with E-state index >= 15 is 0 Å². The van der Waals surface area contributed by atoms with Crippen molar-refractivity contribution in [3.05, 3.63) is 28.2 Å². The molecule has 2 atom stereocenters. The standard InChI is InChI=1S/C9H12NO4/c1-6-3-4-9(8(11)12,10(13)14)7(2)5-6/h3-4,7H,5H2,1-2H3,(H,11,12). The molecule has 1 rings (SSSR count). The van der Waals surface area contributed by atoms with Gasteiger partial charge < -0.3 is 5.11 Å². The Morgan fingerprint density at radius 2 is 2.36 bits per heavy atom. The smallest absolute Gasteiger partial charge is 0.383 e. The summed E-state index contributed by atoms with van der Waals surface area (Å²) < 4.78 is 0. The summed E-state index contributed by atoms with van der Waals surface area (Å²) in [6, 6.07) is 0. The van der Waals surface area contributed by atoms with Crippen LogP contribution in [0.1, 0.15) is 20.3 Å². The number of carbonyl (C=O) groups is 1. The molecule has 0 spiro atoms. The van der Waals surface area contributed by atoms with E-state index in [-0.39, 0.29) is 0 Å². The number of hydrogen-bond acceptors (Lipinski definition) is 3. The fourth-order valence-corrected chi connectivity index (χ4v) is 1.74. The van der Waals surface area contributed by atoms with E-state index in [2.05, 4.69) is 0 Å². The molecule has 5 nitrogen and oxygen atoms in total. The summed E-state index contributed by atoms with van der Waals surface area (Å²) in [5, 5.41) is 19.7. The highest BCUT2D eigenvalue weighted by Crippen LogP contribution is 2.34. The molecule has 14 heavy (non-hydrogen) atoms. The molecule has 77 valence electrons. The van der Waals surface area contributed by atoms with E-state index in [0.717, 1.165) is 5.57 Å². The van der Waals surface area contributed by atoms with Crippen molar-refractivity contribution < 1.29 is 14.8 Å². The number of carboxylic acid groups (broad SMARTS) is 1. The van der Waals surface area contributed by atoms with Gasteiger partial charge in [0.15, 0.2) is 0 Å². The highest BCUT2D eigenvalue weighted by Gasteiger charge is 2.56. The maximum absolute atomic E-state index is 10.9. The van der Waals surface area contributed by atoms with Gasteiger partial charge in [0.05, 0.1) is 6.42 Å². The van der Waals surface area contributed by atoms with Gasteiger partial charge in [-0.1, -0.05) is 18.6 Å². The van der Waals surface area contributed by atoms with Crippen LogP contribution in [0, 0.1) is 22.5 Å². The molecule has 5 heteroatoms. The van der Waals surface area contributed by atoms with Crippen LogP contribution in [0.25, 0.3) is 0 Å². The number of nitrogens with zero attached hydrogens (tertiary/aromatic N) is 1. The van der Waals surface area contributed by atoms with E-state index in [1.54, 1.807) is 6.92 Å². The van der Waals surface area contributed by atoms with Crippen molar-refractivity contribution in [2.75, 3.05) is 0 Å². The monoisotopic (exact) mass is 198 g/mol. The predicted molar refractivity (Wildman–Crippen MR) is 49.2 cm³/mol. The summed E-state index contributed by atoms with van der Waals surface area (Å²) in [5.41, 5.74) is -0.976. The first kappa shape index (κ1) is 10.7. The van der Waals surface area contributed by atoms with Gasteiger partial charge >= 0.3 is 11.5 Å². The summed E-state index contributed by atoms with van der Waals surface area (Å²) in [7, 11) is 0. The first-order valence-electron chi connectivity index (χ1n) is 4.30. The normalized spacial score (nSPS) is 32.1. The van der Waals surface area contributed by atoms with Gasteiger partial charge in [0.1, 0.15) is 0 Å². The third-order valence-corrected chi connectivity index (χ3v) is 2.65. The van der Waals surface area contributed by atoms with Gasteiger partial charge in [0.2, 0.25) is 0 Å². The molecule has 0 aromatic heterocycles. The second-order valence-electron chi connectivity index (χ2n) is 3.67. The van der Waals surface area contributed by atoms with Crippen molar-refractivity contribution in [1.82, 2.24) is 0 Å². The largest absolute Gasteiger partial charge is 0.476 e. The molecule has 0 bridgehead atoms. The molecular weight excluding hydrogens is 186 g/mol. The van der Waals surface area contributed by atoms with Crippen molar-refractivity contribution >= 4 is 5.97 Å². The fraction of sp³-hybridized carbons (Fsp3) is 0.556. The summed E-state index contributed by atoms with van der Waals surface area (Å²) >= 11 is 0. The third-order valence-electron chi connectivity index (χ3n) is 2.65. The number of allylic oxidation sites excluding steroid dienone is 1. The predicted octanol–water partition coefficient (Wildman–Crippen LogP) is 1.28. The van der Waals surface area contributed by atoms with Crippen LogP contribution in [0.2, 0.25) is 0 Å². The van der Waals surface area contributed by atoms with E-state index in [1.165, 1.54) is 12.5 Å². The van der Waals surface area contributed by atoms with Crippen LogP contribution in [0.4, 0.5) is 0 Å². The van der Waals surface area contributed by atoms with Crippen LogP contribution in [-0.4, -0.2) is 21.5 Å². The van der Waals surface area contributed by atoms with Crippen LogP contribution < -0.4 is 0 Å². The molecule has 0 heterocycles. The first-order valence-corrected chi connectivity index (χ1v) is 4.30. The summed E-state index contributed by atoms with van der Waals surface area (Å²) in [5.74, 6) is -1.90. The Morgan fingerprint density at radius 3 is 2.71 bits per heavy atom. The van der Waals surface area contributed by atoms with Crippen molar-refractivity contribution in [3.8, 4) is 0 Å². The Balaban J connectivity index is 3.12. The van der Waals surface area contributed by atoms with Crippen LogP contribution in [0.3, 0.4) is 0 Å².